The molecule has 53 heavy (non-hydrogen) atoms. The monoisotopic (exact) mass is 718 g/mol. The highest BCUT2D eigenvalue weighted by atomic mass is 19.1. The number of anilines is 3. The number of para-hydroxylation sites is 2. The fourth-order valence-electron chi connectivity index (χ4n) is 6.63. The minimum atomic E-state index is -0.309. The van der Waals surface area contributed by atoms with Gasteiger partial charge in [-0.2, -0.15) is 0 Å². The number of aryl methyl sites for hydroxylation is 2. The summed E-state index contributed by atoms with van der Waals surface area (Å²) >= 11 is 0. The Labute approximate surface area is 306 Å². The van der Waals surface area contributed by atoms with Crippen LogP contribution in [0.3, 0.4) is 0 Å². The highest BCUT2D eigenvalue weighted by Gasteiger charge is 2.19. The second-order valence-corrected chi connectivity index (χ2v) is 13.3. The molecule has 0 saturated carbocycles. The molecule has 2 N–H and O–H groups in total. The molecule has 12 heteroatoms. The Hall–Kier alpha value is -5.72. The Kier molecular flexibility index (Phi) is 10.7. The van der Waals surface area contributed by atoms with E-state index in [9.17, 15) is 14.0 Å². The normalized spacial score (nSPS) is 15.2. The van der Waals surface area contributed by atoms with Gasteiger partial charge in [0.05, 0.1) is 38.0 Å². The molecule has 0 aliphatic carbocycles. The number of hydrogen-bond donors (Lipinski definition) is 2. The molecule has 11 nitrogen and oxygen atoms in total. The van der Waals surface area contributed by atoms with Gasteiger partial charge in [-0.25, -0.2) is 9.37 Å². The van der Waals surface area contributed by atoms with E-state index in [-0.39, 0.29) is 22.8 Å². The lowest BCUT2D eigenvalue weighted by atomic mass is 10.1. The van der Waals surface area contributed by atoms with Crippen molar-refractivity contribution in [2.24, 2.45) is 0 Å². The number of aromatic amines is 1. The molecule has 3 aromatic heterocycles. The lowest BCUT2D eigenvalue weighted by Gasteiger charge is -2.28. The molecule has 1 atom stereocenters. The third kappa shape index (κ3) is 8.19. The summed E-state index contributed by atoms with van der Waals surface area (Å²) in [5, 5.41) is 4.06. The van der Waals surface area contributed by atoms with Crippen LogP contribution in [0.15, 0.2) is 101 Å². The smallest absolute Gasteiger partial charge is 0.259 e. The summed E-state index contributed by atoms with van der Waals surface area (Å²) < 4.78 is 31.8. The van der Waals surface area contributed by atoms with Crippen molar-refractivity contribution in [2.75, 3.05) is 67.7 Å². The summed E-state index contributed by atoms with van der Waals surface area (Å²) in [6.07, 6.45) is 1.85. The molecule has 0 amide bonds. The molecule has 0 bridgehead atoms. The summed E-state index contributed by atoms with van der Waals surface area (Å²) in [5.41, 5.74) is 4.97. The lowest BCUT2D eigenvalue weighted by Crippen LogP contribution is -2.37. The Morgan fingerprint density at radius 3 is 2.26 bits per heavy atom. The fourth-order valence-corrected chi connectivity index (χ4v) is 6.63. The van der Waals surface area contributed by atoms with Crippen molar-refractivity contribution in [3.8, 4) is 11.5 Å². The summed E-state index contributed by atoms with van der Waals surface area (Å²) in [7, 11) is 0. The van der Waals surface area contributed by atoms with E-state index in [4.69, 9.17) is 19.2 Å². The molecule has 2 fully saturated rings. The number of aromatic nitrogens is 3. The highest BCUT2D eigenvalue weighted by Crippen LogP contribution is 2.31. The van der Waals surface area contributed by atoms with Crippen molar-refractivity contribution in [3.05, 3.63) is 134 Å². The fraction of sp³-hybridized carbons (Fsp3) is 0.293. The van der Waals surface area contributed by atoms with Gasteiger partial charge in [-0.05, 0) is 80.4 Å². The van der Waals surface area contributed by atoms with Crippen LogP contribution in [0.5, 0.6) is 11.5 Å². The maximum atomic E-state index is 13.3. The number of H-pyrrole nitrogens is 1. The van der Waals surface area contributed by atoms with Crippen LogP contribution in [0.4, 0.5) is 21.7 Å². The van der Waals surface area contributed by atoms with E-state index in [1.165, 1.54) is 12.1 Å². The second kappa shape index (κ2) is 15.9. The summed E-state index contributed by atoms with van der Waals surface area (Å²) in [6, 6.07) is 25.1. The number of halogens is 1. The molecule has 2 aliphatic rings. The molecule has 1 unspecified atom stereocenters. The van der Waals surface area contributed by atoms with E-state index in [1.807, 2.05) is 43.5 Å². The Bertz CT molecular complexity index is 2330. The van der Waals surface area contributed by atoms with E-state index in [2.05, 4.69) is 33.1 Å². The SMILES string of the molecule is Cc1cc(C(C)Nc2ccccc2)c2nc(N3CCOCC3)cc(=O)n2c1.Cc1cc(F)ccc1Oc1cccc2c(=O)cc(N3CCOCC3)[nH]c12. The molecule has 0 radical (unpaired) electrons. The average Bonchev–Trinajstić information content (AvgIpc) is 3.17. The minimum absolute atomic E-state index is 0.00846. The van der Waals surface area contributed by atoms with E-state index in [0.29, 0.717) is 60.0 Å². The number of pyridine rings is 2. The number of benzene rings is 3. The molecular formula is C41H43FN6O5. The topological polar surface area (TPSA) is 113 Å². The van der Waals surface area contributed by atoms with Gasteiger partial charge in [-0.15, -0.1) is 0 Å². The van der Waals surface area contributed by atoms with Crippen LogP contribution in [0.1, 0.15) is 29.7 Å². The number of fused-ring (bicyclic) bond motifs is 2. The van der Waals surface area contributed by atoms with Gasteiger partial charge in [-0.3, -0.25) is 14.0 Å². The van der Waals surface area contributed by atoms with Crippen molar-refractivity contribution in [2.45, 2.75) is 26.8 Å². The molecule has 0 spiro atoms. The number of nitrogens with one attached hydrogen (secondary N) is 2. The third-order valence-electron chi connectivity index (χ3n) is 9.39. The van der Waals surface area contributed by atoms with Crippen LogP contribution in [0, 0.1) is 19.7 Å². The van der Waals surface area contributed by atoms with Gasteiger partial charge in [-0.1, -0.05) is 24.3 Å². The second-order valence-electron chi connectivity index (χ2n) is 13.3. The number of morpholine rings is 2. The van der Waals surface area contributed by atoms with E-state index >= 15 is 0 Å². The summed E-state index contributed by atoms with van der Waals surface area (Å²) in [5.74, 6) is 2.25. The van der Waals surface area contributed by atoms with Gasteiger partial charge >= 0.3 is 0 Å². The standard InChI is InChI=1S/C21H24N4O2.C20H19FN2O3/c1-15-12-18(16(2)22-17-6-4-3-5-7-17)21-23-19(13-20(26)25(21)14-15)24-8-10-27-11-9-24;1-13-11-14(21)5-6-17(13)26-18-4-2-3-15-16(24)12-19(22-20(15)18)23-7-9-25-10-8-23/h3-7,12-14,16,22H,8-11H2,1-2H3;2-6,11-12H,7-10H2,1H3,(H,22,24). The third-order valence-corrected chi connectivity index (χ3v) is 9.39. The van der Waals surface area contributed by atoms with E-state index in [0.717, 1.165) is 54.6 Å². The van der Waals surface area contributed by atoms with E-state index < -0.39 is 0 Å². The van der Waals surface area contributed by atoms with Gasteiger partial charge < -0.3 is 34.3 Å². The Balaban J connectivity index is 0.000000164. The summed E-state index contributed by atoms with van der Waals surface area (Å²) in [4.78, 5) is 37.7. The quantitative estimate of drug-likeness (QED) is 0.188. The van der Waals surface area contributed by atoms with E-state index in [1.54, 1.807) is 47.7 Å². The molecule has 274 valence electrons. The number of nitrogens with zero attached hydrogens (tertiary/aromatic N) is 4. The molecule has 3 aromatic carbocycles. The molecular weight excluding hydrogens is 675 g/mol. The van der Waals surface area contributed by atoms with Crippen molar-refractivity contribution in [3.63, 3.8) is 0 Å². The largest absolute Gasteiger partial charge is 0.455 e. The van der Waals surface area contributed by atoms with Crippen LogP contribution in [-0.2, 0) is 9.47 Å². The van der Waals surface area contributed by atoms with Gasteiger partial charge in [0, 0.05) is 61.1 Å². The maximum Gasteiger partial charge on any atom is 0.259 e. The van der Waals surface area contributed by atoms with Crippen LogP contribution in [0.2, 0.25) is 0 Å². The zero-order chi connectivity index (χ0) is 36.9. The minimum Gasteiger partial charge on any atom is -0.455 e. The predicted octanol–water partition coefficient (Wildman–Crippen LogP) is 6.62. The molecule has 6 aromatic rings. The molecule has 5 heterocycles. The van der Waals surface area contributed by atoms with Crippen molar-refractivity contribution < 1.29 is 18.6 Å². The predicted molar refractivity (Wildman–Crippen MR) is 207 cm³/mol. The zero-order valence-electron chi connectivity index (χ0n) is 30.1. The first-order chi connectivity index (χ1) is 25.7. The number of hydrogen-bond acceptors (Lipinski definition) is 9. The molecule has 8 rings (SSSR count). The lowest BCUT2D eigenvalue weighted by molar-refractivity contribution is 0.122. The Morgan fingerprint density at radius 1 is 0.830 bits per heavy atom. The number of rotatable bonds is 7. The first-order valence-corrected chi connectivity index (χ1v) is 17.8. The van der Waals surface area contributed by atoms with Crippen LogP contribution in [0.25, 0.3) is 16.6 Å². The molecule has 2 aliphatic heterocycles. The van der Waals surface area contributed by atoms with Gasteiger partial charge in [0.25, 0.3) is 5.56 Å². The maximum absolute atomic E-state index is 13.3. The van der Waals surface area contributed by atoms with Crippen molar-refractivity contribution >= 4 is 33.9 Å². The van der Waals surface area contributed by atoms with Gasteiger partial charge in [0.15, 0.2) is 11.2 Å². The Morgan fingerprint density at radius 2 is 1.55 bits per heavy atom. The van der Waals surface area contributed by atoms with Crippen molar-refractivity contribution in [1.29, 1.82) is 0 Å². The number of ether oxygens (including phenoxy) is 3. The van der Waals surface area contributed by atoms with Gasteiger partial charge in [0.2, 0.25) is 0 Å². The van der Waals surface area contributed by atoms with Crippen molar-refractivity contribution in [1.82, 2.24) is 14.4 Å². The van der Waals surface area contributed by atoms with Crippen LogP contribution in [-0.4, -0.2) is 67.0 Å². The van der Waals surface area contributed by atoms with Crippen LogP contribution >= 0.6 is 0 Å². The summed E-state index contributed by atoms with van der Waals surface area (Å²) in [6.45, 7) is 11.4. The molecule has 2 saturated heterocycles. The highest BCUT2D eigenvalue weighted by molar-refractivity contribution is 5.86. The average molecular weight is 719 g/mol. The van der Waals surface area contributed by atoms with Crippen LogP contribution < -0.4 is 30.8 Å². The first kappa shape index (κ1) is 35.7. The first-order valence-electron chi connectivity index (χ1n) is 17.8. The van der Waals surface area contributed by atoms with Gasteiger partial charge in [0.1, 0.15) is 28.8 Å². The zero-order valence-corrected chi connectivity index (χ0v) is 30.1.